The van der Waals surface area contributed by atoms with Crippen LogP contribution in [-0.4, -0.2) is 68.8 Å². The second-order valence-corrected chi connectivity index (χ2v) is 12.6. The molecule has 222 valence electrons. The summed E-state index contributed by atoms with van der Waals surface area (Å²) in [5.74, 6) is -1.84. The van der Waals surface area contributed by atoms with Gasteiger partial charge in [0.05, 0.1) is 6.10 Å². The van der Waals surface area contributed by atoms with Gasteiger partial charge in [0.2, 0.25) is 11.8 Å². The molecule has 1 aromatic carbocycles. The van der Waals surface area contributed by atoms with Crippen molar-refractivity contribution < 1.29 is 34.4 Å². The van der Waals surface area contributed by atoms with Crippen molar-refractivity contribution in [1.82, 2.24) is 10.2 Å². The maximum absolute atomic E-state index is 13.5. The molecule has 1 aliphatic heterocycles. The first kappa shape index (κ1) is 31.5. The van der Waals surface area contributed by atoms with Crippen LogP contribution in [-0.2, 0) is 25.5 Å². The highest BCUT2D eigenvalue weighted by Gasteiger charge is 2.49. The van der Waals surface area contributed by atoms with Gasteiger partial charge in [0.1, 0.15) is 18.2 Å². The Kier molecular flexibility index (Phi) is 9.93. The molecule has 0 bridgehead atoms. The van der Waals surface area contributed by atoms with Gasteiger partial charge in [-0.15, -0.1) is 6.58 Å². The first-order valence-electron chi connectivity index (χ1n) is 14.3. The number of aromatic hydroxyl groups is 2. The van der Waals surface area contributed by atoms with Gasteiger partial charge in [-0.1, -0.05) is 39.8 Å². The van der Waals surface area contributed by atoms with E-state index in [-0.39, 0.29) is 41.3 Å². The first-order chi connectivity index (χ1) is 18.7. The summed E-state index contributed by atoms with van der Waals surface area (Å²) in [6.45, 7) is 15.1. The van der Waals surface area contributed by atoms with E-state index < -0.39 is 36.0 Å². The van der Waals surface area contributed by atoms with Gasteiger partial charge in [-0.05, 0) is 79.9 Å². The standard InChI is InChI=1S/C31H46N2O7/c1-7-9-22(32-27(37)26(36)18-20-11-12-24(34)25(35)17-20)28(38)33-15-8-10-23(33)29(39)40-19(2)16-21-13-14-30(3,4)31(21,5)6/h7,11-12,17,19,21-23,26,34-36H,1,8-10,13-16,18H2,2-6H3,(H,32,37). The summed E-state index contributed by atoms with van der Waals surface area (Å²) in [4.78, 5) is 40.9. The summed E-state index contributed by atoms with van der Waals surface area (Å²) in [6, 6.07) is 2.28. The van der Waals surface area contributed by atoms with E-state index in [1.54, 1.807) is 0 Å². The Morgan fingerprint density at radius 3 is 2.48 bits per heavy atom. The van der Waals surface area contributed by atoms with Crippen LogP contribution in [0.2, 0.25) is 0 Å². The van der Waals surface area contributed by atoms with E-state index in [4.69, 9.17) is 4.74 Å². The van der Waals surface area contributed by atoms with Crippen molar-refractivity contribution in [3.63, 3.8) is 0 Å². The Morgan fingerprint density at radius 2 is 1.88 bits per heavy atom. The number of phenols is 2. The zero-order valence-corrected chi connectivity index (χ0v) is 24.5. The van der Waals surface area contributed by atoms with Crippen LogP contribution in [0, 0.1) is 16.7 Å². The predicted octanol–water partition coefficient (Wildman–Crippen LogP) is 3.84. The Labute approximate surface area is 237 Å². The third-order valence-electron chi connectivity index (χ3n) is 9.41. The van der Waals surface area contributed by atoms with E-state index in [1.807, 2.05) is 6.92 Å². The van der Waals surface area contributed by atoms with Crippen LogP contribution in [0.25, 0.3) is 0 Å². The minimum atomic E-state index is -1.49. The highest BCUT2D eigenvalue weighted by molar-refractivity contribution is 5.92. The van der Waals surface area contributed by atoms with E-state index in [1.165, 1.54) is 29.2 Å². The summed E-state index contributed by atoms with van der Waals surface area (Å²) < 4.78 is 5.86. The molecule has 0 radical (unpaired) electrons. The van der Waals surface area contributed by atoms with Crippen molar-refractivity contribution >= 4 is 17.8 Å². The molecular formula is C31H46N2O7. The van der Waals surface area contributed by atoms with Gasteiger partial charge < -0.3 is 30.3 Å². The Bertz CT molecular complexity index is 1100. The van der Waals surface area contributed by atoms with E-state index >= 15 is 0 Å². The number of esters is 1. The van der Waals surface area contributed by atoms with Crippen molar-refractivity contribution in [2.45, 2.75) is 104 Å². The average molecular weight is 559 g/mol. The number of phenolic OH excluding ortho intramolecular Hbond substituents is 2. The van der Waals surface area contributed by atoms with Gasteiger partial charge in [-0.25, -0.2) is 4.79 Å². The molecule has 2 aliphatic rings. The normalized spacial score (nSPS) is 23.7. The zero-order valence-electron chi connectivity index (χ0n) is 24.5. The fourth-order valence-electron chi connectivity index (χ4n) is 6.05. The molecule has 4 N–H and O–H groups in total. The van der Waals surface area contributed by atoms with E-state index in [0.717, 1.165) is 19.3 Å². The summed E-state index contributed by atoms with van der Waals surface area (Å²) in [5, 5.41) is 32.2. The molecule has 3 rings (SSSR count). The predicted molar refractivity (Wildman–Crippen MR) is 151 cm³/mol. The first-order valence-corrected chi connectivity index (χ1v) is 14.3. The molecule has 1 aromatic rings. The van der Waals surface area contributed by atoms with Crippen LogP contribution >= 0.6 is 0 Å². The van der Waals surface area contributed by atoms with Crippen molar-refractivity contribution in [2.24, 2.45) is 16.7 Å². The molecule has 2 fully saturated rings. The highest BCUT2D eigenvalue weighted by Crippen LogP contribution is 2.57. The molecule has 40 heavy (non-hydrogen) atoms. The molecule has 1 aliphatic carbocycles. The molecule has 5 unspecified atom stereocenters. The molecule has 0 aromatic heterocycles. The number of nitrogens with zero attached hydrogens (tertiary/aromatic N) is 1. The number of carbonyl (C=O) groups is 3. The van der Waals surface area contributed by atoms with Crippen LogP contribution in [0.4, 0.5) is 0 Å². The van der Waals surface area contributed by atoms with Crippen molar-refractivity contribution in [2.75, 3.05) is 6.54 Å². The number of ether oxygens (including phenoxy) is 1. The minimum absolute atomic E-state index is 0.124. The Hall–Kier alpha value is -3.07. The number of aliphatic hydroxyl groups is 1. The van der Waals surface area contributed by atoms with Crippen LogP contribution in [0.1, 0.15) is 78.7 Å². The van der Waals surface area contributed by atoms with E-state index in [0.29, 0.717) is 30.9 Å². The number of rotatable bonds is 11. The van der Waals surface area contributed by atoms with Gasteiger partial charge in [0.15, 0.2) is 11.5 Å². The largest absolute Gasteiger partial charge is 0.504 e. The second-order valence-electron chi connectivity index (χ2n) is 12.6. The Balaban J connectivity index is 1.60. The van der Waals surface area contributed by atoms with Crippen LogP contribution in [0.15, 0.2) is 30.9 Å². The smallest absolute Gasteiger partial charge is 0.329 e. The van der Waals surface area contributed by atoms with Crippen LogP contribution in [0.3, 0.4) is 0 Å². The number of hydrogen-bond acceptors (Lipinski definition) is 7. The third-order valence-corrected chi connectivity index (χ3v) is 9.41. The molecular weight excluding hydrogens is 512 g/mol. The van der Waals surface area contributed by atoms with E-state index in [9.17, 15) is 29.7 Å². The van der Waals surface area contributed by atoms with Crippen LogP contribution < -0.4 is 5.32 Å². The lowest BCUT2D eigenvalue weighted by Crippen LogP contribution is -2.53. The number of benzene rings is 1. The lowest BCUT2D eigenvalue weighted by molar-refractivity contribution is -0.159. The average Bonchev–Trinajstić information content (AvgIpc) is 3.44. The van der Waals surface area contributed by atoms with Crippen molar-refractivity contribution in [1.29, 1.82) is 0 Å². The molecule has 9 heteroatoms. The van der Waals surface area contributed by atoms with Gasteiger partial charge in [-0.2, -0.15) is 0 Å². The molecule has 1 saturated carbocycles. The van der Waals surface area contributed by atoms with Crippen molar-refractivity contribution in [3.8, 4) is 11.5 Å². The number of nitrogens with one attached hydrogen (secondary N) is 1. The quantitative estimate of drug-likeness (QED) is 0.184. The maximum Gasteiger partial charge on any atom is 0.329 e. The maximum atomic E-state index is 13.5. The van der Waals surface area contributed by atoms with Gasteiger partial charge >= 0.3 is 5.97 Å². The monoisotopic (exact) mass is 558 g/mol. The molecule has 1 saturated heterocycles. The molecule has 5 atom stereocenters. The molecule has 0 spiro atoms. The number of carbonyl (C=O) groups excluding carboxylic acids is 3. The fourth-order valence-corrected chi connectivity index (χ4v) is 6.05. The third kappa shape index (κ3) is 6.97. The summed E-state index contributed by atoms with van der Waals surface area (Å²) in [6.07, 6.45) is 3.87. The number of amides is 2. The molecule has 2 amide bonds. The van der Waals surface area contributed by atoms with Gasteiger partial charge in [0, 0.05) is 13.0 Å². The summed E-state index contributed by atoms with van der Waals surface area (Å²) in [5.41, 5.74) is 0.789. The molecule has 1 heterocycles. The topological polar surface area (TPSA) is 136 Å². The Morgan fingerprint density at radius 1 is 1.18 bits per heavy atom. The number of hydrogen-bond donors (Lipinski definition) is 4. The van der Waals surface area contributed by atoms with E-state index in [2.05, 4.69) is 39.6 Å². The minimum Gasteiger partial charge on any atom is -0.504 e. The summed E-state index contributed by atoms with van der Waals surface area (Å²) in [7, 11) is 0. The van der Waals surface area contributed by atoms with Gasteiger partial charge in [-0.3, -0.25) is 9.59 Å². The lowest BCUT2D eigenvalue weighted by Gasteiger charge is -2.40. The second kappa shape index (κ2) is 12.6. The number of aliphatic hydroxyl groups excluding tert-OH is 1. The zero-order chi connectivity index (χ0) is 29.8. The van der Waals surface area contributed by atoms with Crippen molar-refractivity contribution in [3.05, 3.63) is 36.4 Å². The molecule has 9 nitrogen and oxygen atoms in total. The summed E-state index contributed by atoms with van der Waals surface area (Å²) >= 11 is 0. The highest BCUT2D eigenvalue weighted by atomic mass is 16.5. The fraction of sp³-hybridized carbons (Fsp3) is 0.645. The SMILES string of the molecule is C=CCC(NC(=O)C(O)Cc1ccc(O)c(O)c1)C(=O)N1CCCC1C(=O)OC(C)CC1CCC(C)(C)C1(C)C. The number of likely N-dealkylation sites (tertiary alicyclic amines) is 1. The van der Waals surface area contributed by atoms with Crippen LogP contribution in [0.5, 0.6) is 11.5 Å². The lowest BCUT2D eigenvalue weighted by atomic mass is 9.66. The van der Waals surface area contributed by atoms with Gasteiger partial charge in [0.25, 0.3) is 0 Å².